The molecule has 0 aliphatic heterocycles. The first kappa shape index (κ1) is 12.6. The molecule has 0 bridgehead atoms. The number of thiazole rings is 1. The van der Waals surface area contributed by atoms with Crippen molar-refractivity contribution in [2.45, 2.75) is 0 Å². The van der Waals surface area contributed by atoms with E-state index in [0.29, 0.717) is 5.13 Å². The third-order valence-corrected chi connectivity index (χ3v) is 3.73. The Morgan fingerprint density at radius 3 is 2.59 bits per heavy atom. The summed E-state index contributed by atoms with van der Waals surface area (Å²) in [6.45, 7) is 0. The average molecular weight is 308 g/mol. The van der Waals surface area contributed by atoms with Crippen LogP contribution in [0, 0.1) is 0 Å². The first-order valence-electron chi connectivity index (χ1n) is 4.44. The zero-order chi connectivity index (χ0) is 12.4. The average Bonchev–Trinajstić information content (AvgIpc) is 2.77. The van der Waals surface area contributed by atoms with Crippen molar-refractivity contribution in [3.63, 3.8) is 0 Å². The van der Waals surface area contributed by atoms with Crippen molar-refractivity contribution in [2.24, 2.45) is 0 Å². The van der Waals surface area contributed by atoms with Gasteiger partial charge in [-0.3, -0.25) is 10.1 Å². The summed E-state index contributed by atoms with van der Waals surface area (Å²) in [4.78, 5) is 15.9. The van der Waals surface area contributed by atoms with Crippen LogP contribution in [0.4, 0.5) is 5.13 Å². The number of rotatable bonds is 2. The Bertz CT molecular complexity index is 557. The van der Waals surface area contributed by atoms with Gasteiger partial charge in [0.2, 0.25) is 0 Å². The van der Waals surface area contributed by atoms with Crippen LogP contribution in [0.3, 0.4) is 0 Å². The molecule has 1 N–H and O–H groups in total. The highest BCUT2D eigenvalue weighted by Gasteiger charge is 2.17. The maximum Gasteiger partial charge on any atom is 0.260 e. The minimum Gasteiger partial charge on any atom is -0.298 e. The first-order valence-corrected chi connectivity index (χ1v) is 6.45. The quantitative estimate of drug-likeness (QED) is 0.838. The molecule has 0 unspecified atom stereocenters. The van der Waals surface area contributed by atoms with Crippen LogP contribution in [0.1, 0.15) is 10.4 Å². The van der Waals surface area contributed by atoms with Crippen molar-refractivity contribution in [2.75, 3.05) is 5.32 Å². The molecule has 1 aromatic carbocycles. The largest absolute Gasteiger partial charge is 0.298 e. The number of carbonyl (C=O) groups excluding carboxylic acids is 1. The third kappa shape index (κ3) is 2.72. The Labute approximate surface area is 116 Å². The van der Waals surface area contributed by atoms with E-state index in [4.69, 9.17) is 34.8 Å². The lowest BCUT2D eigenvalue weighted by molar-refractivity contribution is 0.102. The van der Waals surface area contributed by atoms with Crippen LogP contribution in [0.25, 0.3) is 0 Å². The van der Waals surface area contributed by atoms with E-state index < -0.39 is 5.91 Å². The van der Waals surface area contributed by atoms with Gasteiger partial charge in [-0.25, -0.2) is 4.98 Å². The number of carbonyl (C=O) groups is 1. The fraction of sp³-hybridized carbons (Fsp3) is 0. The summed E-state index contributed by atoms with van der Waals surface area (Å²) >= 11 is 19.0. The highest BCUT2D eigenvalue weighted by atomic mass is 35.5. The molecule has 0 saturated heterocycles. The second-order valence-corrected chi connectivity index (χ2v) is 5.10. The smallest absolute Gasteiger partial charge is 0.260 e. The Kier molecular flexibility index (Phi) is 3.89. The molecule has 88 valence electrons. The van der Waals surface area contributed by atoms with Gasteiger partial charge >= 0.3 is 0 Å². The summed E-state index contributed by atoms with van der Waals surface area (Å²) in [5.74, 6) is -0.433. The van der Waals surface area contributed by atoms with Crippen molar-refractivity contribution in [1.82, 2.24) is 4.98 Å². The molecule has 2 aromatic rings. The monoisotopic (exact) mass is 306 g/mol. The molecule has 0 radical (unpaired) electrons. The second kappa shape index (κ2) is 5.23. The molecule has 2 rings (SSSR count). The van der Waals surface area contributed by atoms with Gasteiger partial charge in [-0.05, 0) is 12.1 Å². The van der Waals surface area contributed by atoms with Crippen LogP contribution >= 0.6 is 46.1 Å². The Hall–Kier alpha value is -0.810. The lowest BCUT2D eigenvalue weighted by atomic mass is 10.2. The Morgan fingerprint density at radius 1 is 1.24 bits per heavy atom. The second-order valence-electron chi connectivity index (χ2n) is 3.01. The molecule has 3 nitrogen and oxygen atoms in total. The molecular formula is C10H5Cl3N2OS. The maximum absolute atomic E-state index is 11.9. The standard InChI is InChI=1S/C10H5Cl3N2OS/c11-5-1-2-6(12)8(13)7(5)9(16)15-10-14-3-4-17-10/h1-4H,(H,14,15,16). The lowest BCUT2D eigenvalue weighted by Crippen LogP contribution is -2.13. The molecule has 1 amide bonds. The zero-order valence-corrected chi connectivity index (χ0v) is 11.3. The molecule has 7 heteroatoms. The Morgan fingerprint density at radius 2 is 1.94 bits per heavy atom. The van der Waals surface area contributed by atoms with E-state index in [0.717, 1.165) is 0 Å². The minimum atomic E-state index is -0.433. The van der Waals surface area contributed by atoms with Crippen LogP contribution < -0.4 is 5.32 Å². The maximum atomic E-state index is 11.9. The van der Waals surface area contributed by atoms with E-state index in [1.807, 2.05) is 0 Å². The van der Waals surface area contributed by atoms with Gasteiger partial charge in [0, 0.05) is 11.6 Å². The molecule has 0 fully saturated rings. The van der Waals surface area contributed by atoms with Crippen LogP contribution in [0.5, 0.6) is 0 Å². The molecule has 1 aromatic heterocycles. The number of anilines is 1. The van der Waals surface area contributed by atoms with Gasteiger partial charge in [0.25, 0.3) is 5.91 Å². The number of aromatic nitrogens is 1. The normalized spacial score (nSPS) is 10.3. The van der Waals surface area contributed by atoms with Gasteiger partial charge in [-0.15, -0.1) is 11.3 Å². The van der Waals surface area contributed by atoms with Crippen LogP contribution in [0.15, 0.2) is 23.7 Å². The van der Waals surface area contributed by atoms with Crippen molar-refractivity contribution in [3.05, 3.63) is 44.3 Å². The van der Waals surface area contributed by atoms with E-state index in [1.54, 1.807) is 11.6 Å². The van der Waals surface area contributed by atoms with E-state index in [2.05, 4.69) is 10.3 Å². The minimum absolute atomic E-state index is 0.133. The van der Waals surface area contributed by atoms with Crippen LogP contribution in [-0.2, 0) is 0 Å². The summed E-state index contributed by atoms with van der Waals surface area (Å²) in [5.41, 5.74) is 0.149. The summed E-state index contributed by atoms with van der Waals surface area (Å²) in [6, 6.07) is 3.05. The van der Waals surface area contributed by atoms with E-state index >= 15 is 0 Å². The van der Waals surface area contributed by atoms with Gasteiger partial charge < -0.3 is 0 Å². The number of halogens is 3. The molecule has 0 spiro atoms. The molecular weight excluding hydrogens is 303 g/mol. The van der Waals surface area contributed by atoms with Gasteiger partial charge in [0.1, 0.15) is 0 Å². The number of hydrogen-bond acceptors (Lipinski definition) is 3. The van der Waals surface area contributed by atoms with Crippen molar-refractivity contribution < 1.29 is 4.79 Å². The van der Waals surface area contributed by atoms with Gasteiger partial charge in [0.05, 0.1) is 20.6 Å². The summed E-state index contributed by atoms with van der Waals surface area (Å²) in [7, 11) is 0. The number of nitrogens with zero attached hydrogens (tertiary/aromatic N) is 1. The fourth-order valence-corrected chi connectivity index (χ4v) is 2.40. The lowest BCUT2D eigenvalue weighted by Gasteiger charge is -2.07. The van der Waals surface area contributed by atoms with E-state index in [-0.39, 0.29) is 20.6 Å². The first-order chi connectivity index (χ1) is 8.09. The van der Waals surface area contributed by atoms with E-state index in [9.17, 15) is 4.79 Å². The summed E-state index contributed by atoms with van der Waals surface area (Å²) in [6.07, 6.45) is 1.58. The highest BCUT2D eigenvalue weighted by Crippen LogP contribution is 2.32. The number of nitrogens with one attached hydrogen (secondary N) is 1. The van der Waals surface area contributed by atoms with Gasteiger partial charge in [0.15, 0.2) is 5.13 Å². The predicted molar refractivity (Wildman–Crippen MR) is 71.5 cm³/mol. The molecule has 0 aliphatic carbocycles. The fourth-order valence-electron chi connectivity index (χ4n) is 1.18. The van der Waals surface area contributed by atoms with Crippen molar-refractivity contribution >= 4 is 57.2 Å². The predicted octanol–water partition coefficient (Wildman–Crippen LogP) is 4.36. The highest BCUT2D eigenvalue weighted by molar-refractivity contribution is 7.13. The van der Waals surface area contributed by atoms with Crippen molar-refractivity contribution in [1.29, 1.82) is 0 Å². The van der Waals surface area contributed by atoms with Crippen LogP contribution in [-0.4, -0.2) is 10.9 Å². The van der Waals surface area contributed by atoms with Crippen LogP contribution in [0.2, 0.25) is 15.1 Å². The molecule has 17 heavy (non-hydrogen) atoms. The number of benzene rings is 1. The van der Waals surface area contributed by atoms with Crippen molar-refractivity contribution in [3.8, 4) is 0 Å². The third-order valence-electron chi connectivity index (χ3n) is 1.92. The molecule has 1 heterocycles. The van der Waals surface area contributed by atoms with Gasteiger partial charge in [-0.1, -0.05) is 34.8 Å². The summed E-state index contributed by atoms with van der Waals surface area (Å²) in [5, 5.41) is 5.46. The number of amides is 1. The molecule has 0 saturated carbocycles. The molecule has 0 aliphatic rings. The molecule has 0 atom stereocenters. The zero-order valence-electron chi connectivity index (χ0n) is 8.21. The Balaban J connectivity index is 2.34. The van der Waals surface area contributed by atoms with Gasteiger partial charge in [-0.2, -0.15) is 0 Å². The number of hydrogen-bond donors (Lipinski definition) is 1. The van der Waals surface area contributed by atoms with E-state index in [1.165, 1.54) is 23.5 Å². The SMILES string of the molecule is O=C(Nc1nccs1)c1c(Cl)ccc(Cl)c1Cl. The summed E-state index contributed by atoms with van der Waals surface area (Å²) < 4.78 is 0. The topological polar surface area (TPSA) is 42.0 Å².